The zero-order valence-corrected chi connectivity index (χ0v) is 13.4. The van der Waals surface area contributed by atoms with Crippen LogP contribution >= 0.6 is 11.8 Å². The SMILES string of the molecule is CCOC(=O)c1[nH]c2c(=O)c3ccccc3n(C)c2c1SC. The van der Waals surface area contributed by atoms with E-state index in [9.17, 15) is 9.59 Å². The van der Waals surface area contributed by atoms with Crippen LogP contribution in [-0.2, 0) is 11.8 Å². The number of ether oxygens (including phenoxy) is 1. The first kappa shape index (κ1) is 14.7. The molecule has 0 amide bonds. The molecule has 0 saturated heterocycles. The van der Waals surface area contributed by atoms with E-state index in [2.05, 4.69) is 4.98 Å². The third-order valence-corrected chi connectivity index (χ3v) is 4.49. The highest BCUT2D eigenvalue weighted by Crippen LogP contribution is 2.31. The maximum absolute atomic E-state index is 12.7. The maximum atomic E-state index is 12.7. The van der Waals surface area contributed by atoms with Gasteiger partial charge in [-0.2, -0.15) is 0 Å². The van der Waals surface area contributed by atoms with Crippen molar-refractivity contribution in [2.45, 2.75) is 11.8 Å². The molecule has 22 heavy (non-hydrogen) atoms. The number of H-pyrrole nitrogens is 1. The van der Waals surface area contributed by atoms with Crippen molar-refractivity contribution in [3.63, 3.8) is 0 Å². The highest BCUT2D eigenvalue weighted by atomic mass is 32.2. The zero-order chi connectivity index (χ0) is 15.9. The number of rotatable bonds is 3. The van der Waals surface area contributed by atoms with Crippen molar-refractivity contribution in [1.82, 2.24) is 9.55 Å². The Balaban J connectivity index is 2.47. The molecule has 0 aliphatic heterocycles. The van der Waals surface area contributed by atoms with E-state index in [0.717, 1.165) is 15.9 Å². The fraction of sp³-hybridized carbons (Fsp3) is 0.250. The van der Waals surface area contributed by atoms with Crippen molar-refractivity contribution in [1.29, 1.82) is 0 Å². The highest BCUT2D eigenvalue weighted by molar-refractivity contribution is 7.98. The number of aryl methyl sites for hydroxylation is 1. The van der Waals surface area contributed by atoms with E-state index in [4.69, 9.17) is 4.74 Å². The second kappa shape index (κ2) is 5.53. The molecular formula is C16H16N2O3S. The van der Waals surface area contributed by atoms with Crippen LogP contribution in [0.4, 0.5) is 0 Å². The summed E-state index contributed by atoms with van der Waals surface area (Å²) in [5.74, 6) is -0.438. The average molecular weight is 316 g/mol. The molecule has 2 aromatic heterocycles. The lowest BCUT2D eigenvalue weighted by molar-refractivity contribution is 0.0516. The molecule has 0 fully saturated rings. The van der Waals surface area contributed by atoms with Gasteiger partial charge in [0.05, 0.1) is 22.5 Å². The summed E-state index contributed by atoms with van der Waals surface area (Å²) in [6.07, 6.45) is 1.88. The van der Waals surface area contributed by atoms with Gasteiger partial charge in [-0.05, 0) is 25.3 Å². The molecule has 6 heteroatoms. The van der Waals surface area contributed by atoms with E-state index in [1.165, 1.54) is 11.8 Å². The Hall–Kier alpha value is -2.21. The number of hydrogen-bond acceptors (Lipinski definition) is 4. The third kappa shape index (κ3) is 2.02. The molecule has 2 heterocycles. The minimum absolute atomic E-state index is 0.102. The number of pyridine rings is 1. The number of carbonyl (C=O) groups excluding carboxylic acids is 1. The van der Waals surface area contributed by atoms with Crippen molar-refractivity contribution >= 4 is 39.7 Å². The van der Waals surface area contributed by atoms with Crippen LogP contribution in [0.15, 0.2) is 34.0 Å². The Kier molecular flexibility index (Phi) is 3.70. The van der Waals surface area contributed by atoms with E-state index in [-0.39, 0.29) is 5.43 Å². The van der Waals surface area contributed by atoms with E-state index in [1.54, 1.807) is 13.0 Å². The number of hydrogen-bond donors (Lipinski definition) is 1. The molecule has 1 aromatic carbocycles. The van der Waals surface area contributed by atoms with Crippen molar-refractivity contribution in [3.05, 3.63) is 40.2 Å². The van der Waals surface area contributed by atoms with Gasteiger partial charge in [0.25, 0.3) is 0 Å². The average Bonchev–Trinajstić information content (AvgIpc) is 2.93. The molecule has 0 radical (unpaired) electrons. The molecule has 0 bridgehead atoms. The molecule has 5 nitrogen and oxygen atoms in total. The number of fused-ring (bicyclic) bond motifs is 2. The van der Waals surface area contributed by atoms with Crippen LogP contribution in [0.1, 0.15) is 17.4 Å². The predicted molar refractivity (Wildman–Crippen MR) is 88.8 cm³/mol. The minimum atomic E-state index is -0.438. The number of benzene rings is 1. The van der Waals surface area contributed by atoms with Crippen LogP contribution in [0.5, 0.6) is 0 Å². The number of aromatic nitrogens is 2. The number of thioether (sulfide) groups is 1. The molecule has 1 N–H and O–H groups in total. The Labute approximate surface area is 131 Å². The van der Waals surface area contributed by atoms with Gasteiger partial charge < -0.3 is 14.3 Å². The van der Waals surface area contributed by atoms with Crippen molar-refractivity contribution in [3.8, 4) is 0 Å². The molecule has 3 rings (SSSR count). The first-order valence-corrected chi connectivity index (χ1v) is 8.17. The van der Waals surface area contributed by atoms with Gasteiger partial charge in [-0.3, -0.25) is 4.79 Å². The first-order valence-electron chi connectivity index (χ1n) is 6.94. The van der Waals surface area contributed by atoms with Crippen LogP contribution in [0.3, 0.4) is 0 Å². The number of nitrogens with zero attached hydrogens (tertiary/aromatic N) is 1. The lowest BCUT2D eigenvalue weighted by atomic mass is 10.2. The summed E-state index contributed by atoms with van der Waals surface area (Å²) in [5.41, 5.74) is 2.25. The smallest absolute Gasteiger partial charge is 0.356 e. The minimum Gasteiger partial charge on any atom is -0.461 e. The van der Waals surface area contributed by atoms with E-state index in [0.29, 0.717) is 23.2 Å². The molecule has 0 atom stereocenters. The number of para-hydroxylation sites is 1. The summed E-state index contributed by atoms with van der Waals surface area (Å²) in [6.45, 7) is 2.05. The monoisotopic (exact) mass is 316 g/mol. The lowest BCUT2D eigenvalue weighted by Gasteiger charge is -2.08. The molecule has 3 aromatic rings. The summed E-state index contributed by atoms with van der Waals surface area (Å²) in [4.78, 5) is 28.5. The van der Waals surface area contributed by atoms with Gasteiger partial charge in [-0.1, -0.05) is 12.1 Å². The molecule has 0 aliphatic rings. The first-order chi connectivity index (χ1) is 10.6. The number of esters is 1. The lowest BCUT2D eigenvalue weighted by Crippen LogP contribution is -2.08. The van der Waals surface area contributed by atoms with Crippen LogP contribution < -0.4 is 5.43 Å². The van der Waals surface area contributed by atoms with Crippen molar-refractivity contribution in [2.75, 3.05) is 12.9 Å². The maximum Gasteiger partial charge on any atom is 0.356 e. The molecule has 0 unspecified atom stereocenters. The topological polar surface area (TPSA) is 64.1 Å². The highest BCUT2D eigenvalue weighted by Gasteiger charge is 2.22. The quantitative estimate of drug-likeness (QED) is 0.596. The van der Waals surface area contributed by atoms with Crippen LogP contribution in [-0.4, -0.2) is 28.4 Å². The van der Waals surface area contributed by atoms with Gasteiger partial charge in [-0.25, -0.2) is 4.79 Å². The zero-order valence-electron chi connectivity index (χ0n) is 12.6. The summed E-state index contributed by atoms with van der Waals surface area (Å²) >= 11 is 1.43. The molecular weight excluding hydrogens is 300 g/mol. The van der Waals surface area contributed by atoms with Crippen molar-refractivity contribution < 1.29 is 9.53 Å². The van der Waals surface area contributed by atoms with Gasteiger partial charge in [-0.15, -0.1) is 11.8 Å². The largest absolute Gasteiger partial charge is 0.461 e. The van der Waals surface area contributed by atoms with Crippen molar-refractivity contribution in [2.24, 2.45) is 7.05 Å². The van der Waals surface area contributed by atoms with Gasteiger partial charge in [0.1, 0.15) is 11.2 Å². The van der Waals surface area contributed by atoms with E-state index >= 15 is 0 Å². The summed E-state index contributed by atoms with van der Waals surface area (Å²) in [5, 5.41) is 0.627. The Morgan fingerprint density at radius 2 is 2.09 bits per heavy atom. The number of nitrogens with one attached hydrogen (secondary N) is 1. The second-order valence-electron chi connectivity index (χ2n) is 4.88. The summed E-state index contributed by atoms with van der Waals surface area (Å²) in [7, 11) is 1.90. The van der Waals surface area contributed by atoms with Crippen LogP contribution in [0.25, 0.3) is 21.9 Å². The van der Waals surface area contributed by atoms with Gasteiger partial charge >= 0.3 is 5.97 Å². The Bertz CT molecular complexity index is 940. The molecule has 0 spiro atoms. The second-order valence-corrected chi connectivity index (χ2v) is 5.70. The Morgan fingerprint density at radius 1 is 1.36 bits per heavy atom. The van der Waals surface area contributed by atoms with E-state index < -0.39 is 5.97 Å². The predicted octanol–water partition coefficient (Wildman–Crippen LogP) is 2.92. The van der Waals surface area contributed by atoms with Crippen LogP contribution in [0, 0.1) is 0 Å². The van der Waals surface area contributed by atoms with Gasteiger partial charge in [0, 0.05) is 12.4 Å². The van der Waals surface area contributed by atoms with Gasteiger partial charge in [0.2, 0.25) is 5.43 Å². The normalized spacial score (nSPS) is 11.2. The molecule has 114 valence electrons. The fourth-order valence-electron chi connectivity index (χ4n) is 2.72. The third-order valence-electron chi connectivity index (χ3n) is 3.69. The fourth-order valence-corrected chi connectivity index (χ4v) is 3.49. The number of carbonyl (C=O) groups is 1. The Morgan fingerprint density at radius 3 is 2.77 bits per heavy atom. The van der Waals surface area contributed by atoms with Crippen LogP contribution in [0.2, 0.25) is 0 Å². The molecule has 0 aliphatic carbocycles. The number of aromatic amines is 1. The summed E-state index contributed by atoms with van der Waals surface area (Å²) in [6, 6.07) is 7.42. The van der Waals surface area contributed by atoms with Gasteiger partial charge in [0.15, 0.2) is 0 Å². The standard InChI is InChI=1S/C16H16N2O3S/c1-4-21-16(20)12-15(22-3)13-11(17-12)14(19)9-7-5-6-8-10(9)18(13)2/h5-8,17H,4H2,1-3H3. The summed E-state index contributed by atoms with van der Waals surface area (Å²) < 4.78 is 7.02. The van der Waals surface area contributed by atoms with E-state index in [1.807, 2.05) is 36.1 Å². The molecule has 0 saturated carbocycles.